The lowest BCUT2D eigenvalue weighted by molar-refractivity contribution is -0.117. The summed E-state index contributed by atoms with van der Waals surface area (Å²) in [5, 5.41) is 16.2. The van der Waals surface area contributed by atoms with Gasteiger partial charge in [-0.15, -0.1) is 0 Å². The van der Waals surface area contributed by atoms with E-state index in [1.54, 1.807) is 12.1 Å². The minimum absolute atomic E-state index is 0.00648. The Kier molecular flexibility index (Phi) is 6.11. The first-order chi connectivity index (χ1) is 5.81. The van der Waals surface area contributed by atoms with Crippen LogP contribution in [0.5, 0.6) is 0 Å². The Hall–Kier alpha value is -1.87. The minimum atomic E-state index is -0.00648. The Bertz CT molecular complexity index is 248. The molecule has 0 aliphatic carbocycles. The molecular formula is C9H8N2O. The van der Waals surface area contributed by atoms with Crippen molar-refractivity contribution in [3.8, 4) is 12.1 Å². The predicted molar refractivity (Wildman–Crippen MR) is 43.7 cm³/mol. The summed E-state index contributed by atoms with van der Waals surface area (Å²) < 4.78 is 0. The van der Waals surface area contributed by atoms with E-state index in [2.05, 4.69) is 0 Å². The first-order valence-electron chi connectivity index (χ1n) is 3.42. The van der Waals surface area contributed by atoms with Gasteiger partial charge < -0.3 is 0 Å². The van der Waals surface area contributed by atoms with Crippen LogP contribution in [-0.2, 0) is 4.79 Å². The molecule has 0 aliphatic rings. The Labute approximate surface area is 71.2 Å². The zero-order valence-corrected chi connectivity index (χ0v) is 6.53. The van der Waals surface area contributed by atoms with Crippen LogP contribution in [0, 0.1) is 22.7 Å². The molecule has 0 aromatic heterocycles. The second-order valence-corrected chi connectivity index (χ2v) is 2.01. The molecular weight excluding hydrogens is 152 g/mol. The highest BCUT2D eigenvalue weighted by Gasteiger charge is 1.93. The summed E-state index contributed by atoms with van der Waals surface area (Å²) >= 11 is 0. The number of carbonyl (C=O) groups is 1. The van der Waals surface area contributed by atoms with Gasteiger partial charge in [0.25, 0.3) is 0 Å². The van der Waals surface area contributed by atoms with Gasteiger partial charge in [0.15, 0.2) is 0 Å². The summed E-state index contributed by atoms with van der Waals surface area (Å²) in [4.78, 5) is 10.9. The number of hydrogen-bond acceptors (Lipinski definition) is 3. The van der Waals surface area contributed by atoms with Crippen molar-refractivity contribution in [1.82, 2.24) is 0 Å². The average molecular weight is 160 g/mol. The molecule has 60 valence electrons. The Morgan fingerprint density at radius 3 is 1.83 bits per heavy atom. The Balaban J connectivity index is 3.64. The van der Waals surface area contributed by atoms with Crippen LogP contribution in [0.1, 0.15) is 12.8 Å². The van der Waals surface area contributed by atoms with Crippen molar-refractivity contribution in [2.45, 2.75) is 12.8 Å². The fourth-order valence-electron chi connectivity index (χ4n) is 0.569. The fourth-order valence-corrected chi connectivity index (χ4v) is 0.569. The minimum Gasteiger partial charge on any atom is -0.299 e. The van der Waals surface area contributed by atoms with Crippen LogP contribution in [0.15, 0.2) is 24.3 Å². The second kappa shape index (κ2) is 7.24. The molecule has 0 spiro atoms. The van der Waals surface area contributed by atoms with Crippen LogP contribution in [0.2, 0.25) is 0 Å². The van der Waals surface area contributed by atoms with Gasteiger partial charge in [-0.3, -0.25) is 4.79 Å². The molecule has 0 saturated heterocycles. The molecule has 0 bridgehead atoms. The number of allylic oxidation sites excluding steroid dienone is 4. The maximum Gasteiger partial charge on any atom is 0.140 e. The molecule has 0 heterocycles. The summed E-state index contributed by atoms with van der Waals surface area (Å²) in [6.45, 7) is 0. The first-order valence-corrected chi connectivity index (χ1v) is 3.42. The lowest BCUT2D eigenvalue weighted by atomic mass is 10.2. The molecule has 0 fully saturated rings. The van der Waals surface area contributed by atoms with E-state index in [0.29, 0.717) is 0 Å². The van der Waals surface area contributed by atoms with Crippen molar-refractivity contribution in [1.29, 1.82) is 10.5 Å². The van der Waals surface area contributed by atoms with E-state index in [1.807, 2.05) is 0 Å². The number of nitriles is 2. The van der Waals surface area contributed by atoms with E-state index in [9.17, 15) is 4.79 Å². The zero-order chi connectivity index (χ0) is 9.23. The highest BCUT2D eigenvalue weighted by molar-refractivity contribution is 5.81. The van der Waals surface area contributed by atoms with Gasteiger partial charge in [-0.25, -0.2) is 0 Å². The zero-order valence-electron chi connectivity index (χ0n) is 6.53. The lowest BCUT2D eigenvalue weighted by Gasteiger charge is -1.86. The molecule has 0 saturated carbocycles. The summed E-state index contributed by atoms with van der Waals surface area (Å²) in [7, 11) is 0. The third kappa shape index (κ3) is 6.25. The summed E-state index contributed by atoms with van der Waals surface area (Å²) in [5.41, 5.74) is 0. The van der Waals surface area contributed by atoms with E-state index >= 15 is 0 Å². The van der Waals surface area contributed by atoms with Gasteiger partial charge in [-0.1, -0.05) is 12.2 Å². The summed E-state index contributed by atoms with van der Waals surface area (Å²) in [5.74, 6) is -0.00648. The van der Waals surface area contributed by atoms with Crippen molar-refractivity contribution < 1.29 is 4.79 Å². The van der Waals surface area contributed by atoms with E-state index in [-0.39, 0.29) is 18.6 Å². The number of ketones is 1. The van der Waals surface area contributed by atoms with Crippen LogP contribution >= 0.6 is 0 Å². The van der Waals surface area contributed by atoms with Gasteiger partial charge in [0.2, 0.25) is 0 Å². The second-order valence-electron chi connectivity index (χ2n) is 2.01. The number of hydrogen-bond donors (Lipinski definition) is 0. The van der Waals surface area contributed by atoms with E-state index in [1.165, 1.54) is 24.3 Å². The smallest absolute Gasteiger partial charge is 0.140 e. The van der Waals surface area contributed by atoms with Gasteiger partial charge in [0.1, 0.15) is 5.78 Å². The van der Waals surface area contributed by atoms with Crippen molar-refractivity contribution in [3.05, 3.63) is 24.3 Å². The van der Waals surface area contributed by atoms with Gasteiger partial charge in [0, 0.05) is 25.0 Å². The standard InChI is InChI=1S/C9H8N2O/c10-7-3-1-5-9(12)6-2-4-8-11/h1-4H,5-6H2/b3-1+,4-2+. The quantitative estimate of drug-likeness (QED) is 0.585. The summed E-state index contributed by atoms with van der Waals surface area (Å²) in [6.07, 6.45) is 6.05. The monoisotopic (exact) mass is 160 g/mol. The molecule has 0 aliphatic heterocycles. The summed E-state index contributed by atoms with van der Waals surface area (Å²) in [6, 6.07) is 3.57. The predicted octanol–water partition coefficient (Wildman–Crippen LogP) is 1.50. The molecule has 12 heavy (non-hydrogen) atoms. The van der Waals surface area contributed by atoms with Crippen LogP contribution in [0.3, 0.4) is 0 Å². The molecule has 0 N–H and O–H groups in total. The Morgan fingerprint density at radius 2 is 1.50 bits per heavy atom. The number of nitrogens with zero attached hydrogens (tertiary/aromatic N) is 2. The SMILES string of the molecule is N#C/C=C/CC(=O)C/C=C/C#N. The molecule has 0 aromatic carbocycles. The van der Waals surface area contributed by atoms with Crippen LogP contribution in [0.4, 0.5) is 0 Å². The molecule has 3 nitrogen and oxygen atoms in total. The van der Waals surface area contributed by atoms with Crippen molar-refractivity contribution in [2.24, 2.45) is 0 Å². The van der Waals surface area contributed by atoms with Gasteiger partial charge >= 0.3 is 0 Å². The van der Waals surface area contributed by atoms with Gasteiger partial charge in [-0.05, 0) is 0 Å². The van der Waals surface area contributed by atoms with E-state index in [0.717, 1.165) is 0 Å². The van der Waals surface area contributed by atoms with Crippen molar-refractivity contribution >= 4 is 5.78 Å². The molecule has 0 aromatic rings. The highest BCUT2D eigenvalue weighted by atomic mass is 16.1. The van der Waals surface area contributed by atoms with E-state index < -0.39 is 0 Å². The fraction of sp³-hybridized carbons (Fsp3) is 0.222. The van der Waals surface area contributed by atoms with Crippen molar-refractivity contribution in [3.63, 3.8) is 0 Å². The van der Waals surface area contributed by atoms with Crippen LogP contribution in [-0.4, -0.2) is 5.78 Å². The lowest BCUT2D eigenvalue weighted by Crippen LogP contribution is -1.91. The molecule has 0 amide bonds. The molecule has 3 heteroatoms. The number of rotatable bonds is 4. The van der Waals surface area contributed by atoms with Crippen LogP contribution < -0.4 is 0 Å². The highest BCUT2D eigenvalue weighted by Crippen LogP contribution is 1.92. The number of Topliss-reactive ketones (excluding diaryl/α,β-unsaturated/α-hetero) is 1. The van der Waals surface area contributed by atoms with Crippen molar-refractivity contribution in [2.75, 3.05) is 0 Å². The number of carbonyl (C=O) groups excluding carboxylic acids is 1. The Morgan fingerprint density at radius 1 is 1.08 bits per heavy atom. The van der Waals surface area contributed by atoms with Gasteiger partial charge in [0.05, 0.1) is 12.1 Å². The molecule has 0 rings (SSSR count). The maximum atomic E-state index is 10.9. The third-order valence-corrected chi connectivity index (χ3v) is 1.08. The maximum absolute atomic E-state index is 10.9. The normalized spacial score (nSPS) is 9.83. The van der Waals surface area contributed by atoms with Gasteiger partial charge in [-0.2, -0.15) is 10.5 Å². The largest absolute Gasteiger partial charge is 0.299 e. The molecule has 0 radical (unpaired) electrons. The molecule has 0 atom stereocenters. The topological polar surface area (TPSA) is 64.7 Å². The molecule has 0 unspecified atom stereocenters. The van der Waals surface area contributed by atoms with Crippen LogP contribution in [0.25, 0.3) is 0 Å². The first kappa shape index (κ1) is 10.1. The third-order valence-electron chi connectivity index (χ3n) is 1.08. The van der Waals surface area contributed by atoms with E-state index in [4.69, 9.17) is 10.5 Å². The average Bonchev–Trinajstić information content (AvgIpc) is 2.06.